The van der Waals surface area contributed by atoms with Crippen LogP contribution in [0.5, 0.6) is 0 Å². The first-order chi connectivity index (χ1) is 11.4. The van der Waals surface area contributed by atoms with E-state index >= 15 is 0 Å². The Kier molecular flexibility index (Phi) is 5.64. The van der Waals surface area contributed by atoms with E-state index < -0.39 is 0 Å². The van der Waals surface area contributed by atoms with Gasteiger partial charge in [-0.05, 0) is 38.0 Å². The van der Waals surface area contributed by atoms with Crippen LogP contribution in [0.2, 0.25) is 0 Å². The van der Waals surface area contributed by atoms with Gasteiger partial charge in [0.05, 0.1) is 0 Å². The molecule has 2 aromatic rings. The molecule has 1 N–H and O–H groups in total. The Morgan fingerprint density at radius 3 is 2.29 bits per heavy atom. The van der Waals surface area contributed by atoms with Gasteiger partial charge in [0.15, 0.2) is 11.6 Å². The first-order valence-electron chi connectivity index (χ1n) is 7.88. The van der Waals surface area contributed by atoms with Crippen molar-refractivity contribution in [2.24, 2.45) is 0 Å². The third kappa shape index (κ3) is 4.38. The number of Topliss-reactive ketones (excluding diaryl/α,β-unsaturated/α-hetero) is 2. The lowest BCUT2D eigenvalue weighted by molar-refractivity contribution is -0.116. The average molecular weight is 323 g/mol. The number of carbonyl (C=O) groups is 3. The molecule has 1 amide bonds. The maximum absolute atomic E-state index is 12.2. The van der Waals surface area contributed by atoms with Gasteiger partial charge in [0, 0.05) is 29.7 Å². The topological polar surface area (TPSA) is 63.2 Å². The zero-order valence-corrected chi connectivity index (χ0v) is 14.2. The lowest BCUT2D eigenvalue weighted by atomic mass is 10.0. The summed E-state index contributed by atoms with van der Waals surface area (Å²) in [5, 5.41) is 2.78. The largest absolute Gasteiger partial charge is 0.326 e. The second kappa shape index (κ2) is 7.68. The Hall–Kier alpha value is -2.75. The molecule has 124 valence electrons. The number of aryl methyl sites for hydroxylation is 2. The van der Waals surface area contributed by atoms with Crippen molar-refractivity contribution in [3.63, 3.8) is 0 Å². The number of hydrogen-bond donors (Lipinski definition) is 1. The molecule has 24 heavy (non-hydrogen) atoms. The number of rotatable bonds is 6. The normalized spacial score (nSPS) is 10.3. The van der Waals surface area contributed by atoms with Crippen molar-refractivity contribution >= 4 is 23.2 Å². The quantitative estimate of drug-likeness (QED) is 0.814. The number of ketones is 2. The van der Waals surface area contributed by atoms with E-state index in [1.165, 1.54) is 6.92 Å². The van der Waals surface area contributed by atoms with E-state index in [0.717, 1.165) is 11.1 Å². The van der Waals surface area contributed by atoms with Crippen LogP contribution in [0.4, 0.5) is 5.69 Å². The molecule has 0 bridgehead atoms. The number of carbonyl (C=O) groups excluding carboxylic acids is 3. The van der Waals surface area contributed by atoms with E-state index in [-0.39, 0.29) is 30.3 Å². The van der Waals surface area contributed by atoms with Crippen molar-refractivity contribution in [2.75, 3.05) is 5.32 Å². The van der Waals surface area contributed by atoms with Crippen molar-refractivity contribution in [3.8, 4) is 0 Å². The number of nitrogens with one attached hydrogen (secondary N) is 1. The summed E-state index contributed by atoms with van der Waals surface area (Å²) >= 11 is 0. The van der Waals surface area contributed by atoms with Gasteiger partial charge < -0.3 is 5.32 Å². The van der Waals surface area contributed by atoms with Gasteiger partial charge in [-0.1, -0.05) is 36.4 Å². The summed E-state index contributed by atoms with van der Waals surface area (Å²) in [6.45, 7) is 5.22. The molecule has 0 spiro atoms. The Balaban J connectivity index is 1.99. The van der Waals surface area contributed by atoms with Crippen LogP contribution in [0.15, 0.2) is 42.5 Å². The molecule has 0 unspecified atom stereocenters. The highest BCUT2D eigenvalue weighted by molar-refractivity contribution is 6.01. The van der Waals surface area contributed by atoms with Gasteiger partial charge in [-0.15, -0.1) is 0 Å². The highest BCUT2D eigenvalue weighted by atomic mass is 16.2. The molecule has 0 aliphatic carbocycles. The second-order valence-corrected chi connectivity index (χ2v) is 5.87. The van der Waals surface area contributed by atoms with E-state index in [1.54, 1.807) is 24.3 Å². The third-order valence-electron chi connectivity index (χ3n) is 3.94. The molecule has 0 saturated heterocycles. The smallest absolute Gasteiger partial charge is 0.224 e. The molecule has 0 aliphatic heterocycles. The molecule has 2 aromatic carbocycles. The van der Waals surface area contributed by atoms with E-state index in [0.29, 0.717) is 16.8 Å². The average Bonchev–Trinajstić information content (AvgIpc) is 2.55. The number of benzene rings is 2. The fourth-order valence-electron chi connectivity index (χ4n) is 2.44. The molecule has 4 nitrogen and oxygen atoms in total. The fraction of sp³-hybridized carbons (Fsp3) is 0.250. The zero-order chi connectivity index (χ0) is 17.7. The number of hydrogen-bond acceptors (Lipinski definition) is 3. The molecule has 2 rings (SSSR count). The third-order valence-corrected chi connectivity index (χ3v) is 3.94. The summed E-state index contributed by atoms with van der Waals surface area (Å²) in [6, 6.07) is 12.5. The SMILES string of the molecule is CC(=O)c1ccc(C)c(NC(=O)CCC(=O)c2ccccc2C)c1. The summed E-state index contributed by atoms with van der Waals surface area (Å²) in [6.07, 6.45) is 0.263. The van der Waals surface area contributed by atoms with Gasteiger partial charge in [0.25, 0.3) is 0 Å². The van der Waals surface area contributed by atoms with Crippen LogP contribution in [-0.4, -0.2) is 17.5 Å². The summed E-state index contributed by atoms with van der Waals surface area (Å²) in [5.41, 5.74) is 3.59. The van der Waals surface area contributed by atoms with E-state index in [9.17, 15) is 14.4 Å². The lowest BCUT2D eigenvalue weighted by Gasteiger charge is -2.10. The van der Waals surface area contributed by atoms with Gasteiger partial charge in [-0.2, -0.15) is 0 Å². The molecule has 0 fully saturated rings. The predicted molar refractivity (Wildman–Crippen MR) is 94.6 cm³/mol. The van der Waals surface area contributed by atoms with Gasteiger partial charge in [-0.25, -0.2) is 0 Å². The lowest BCUT2D eigenvalue weighted by Crippen LogP contribution is -2.15. The molecular weight excluding hydrogens is 302 g/mol. The van der Waals surface area contributed by atoms with Crippen LogP contribution in [0, 0.1) is 13.8 Å². The highest BCUT2D eigenvalue weighted by Gasteiger charge is 2.12. The maximum atomic E-state index is 12.2. The molecule has 0 aromatic heterocycles. The molecule has 0 saturated carbocycles. The van der Waals surface area contributed by atoms with Crippen molar-refractivity contribution in [1.29, 1.82) is 0 Å². The highest BCUT2D eigenvalue weighted by Crippen LogP contribution is 2.18. The standard InChI is InChI=1S/C20H21NO3/c1-13-6-4-5-7-17(13)19(23)10-11-20(24)21-18-12-16(15(3)22)9-8-14(18)2/h4-9,12H,10-11H2,1-3H3,(H,21,24). The van der Waals surface area contributed by atoms with Crippen molar-refractivity contribution in [1.82, 2.24) is 0 Å². The van der Waals surface area contributed by atoms with Crippen LogP contribution in [-0.2, 0) is 4.79 Å². The van der Waals surface area contributed by atoms with Gasteiger partial charge in [0.1, 0.15) is 0 Å². The summed E-state index contributed by atoms with van der Waals surface area (Å²) in [5.74, 6) is -0.335. The maximum Gasteiger partial charge on any atom is 0.224 e. The van der Waals surface area contributed by atoms with E-state index in [1.807, 2.05) is 32.0 Å². The molecular formula is C20H21NO3. The van der Waals surface area contributed by atoms with Crippen molar-refractivity contribution in [3.05, 3.63) is 64.7 Å². The first kappa shape index (κ1) is 17.6. The molecule has 0 atom stereocenters. The predicted octanol–water partition coefficient (Wildman–Crippen LogP) is 4.11. The van der Waals surface area contributed by atoms with Crippen LogP contribution < -0.4 is 5.32 Å². The minimum Gasteiger partial charge on any atom is -0.326 e. The summed E-state index contributed by atoms with van der Waals surface area (Å²) in [4.78, 5) is 35.8. The van der Waals surface area contributed by atoms with Gasteiger partial charge in [0.2, 0.25) is 5.91 Å². The zero-order valence-electron chi connectivity index (χ0n) is 14.2. The Morgan fingerprint density at radius 1 is 0.917 bits per heavy atom. The Labute approximate surface area is 141 Å². The monoisotopic (exact) mass is 323 g/mol. The molecule has 0 aliphatic rings. The summed E-state index contributed by atoms with van der Waals surface area (Å²) < 4.78 is 0. The molecule has 0 radical (unpaired) electrons. The van der Waals surface area contributed by atoms with Crippen LogP contribution in [0.3, 0.4) is 0 Å². The minimum atomic E-state index is -0.235. The van der Waals surface area contributed by atoms with E-state index in [4.69, 9.17) is 0 Å². The van der Waals surface area contributed by atoms with Crippen LogP contribution >= 0.6 is 0 Å². The number of anilines is 1. The summed E-state index contributed by atoms with van der Waals surface area (Å²) in [7, 11) is 0. The molecule has 4 heteroatoms. The van der Waals surface area contributed by atoms with Crippen LogP contribution in [0.1, 0.15) is 51.6 Å². The van der Waals surface area contributed by atoms with Crippen molar-refractivity contribution < 1.29 is 14.4 Å². The molecule has 0 heterocycles. The van der Waals surface area contributed by atoms with Gasteiger partial charge in [-0.3, -0.25) is 14.4 Å². The van der Waals surface area contributed by atoms with Crippen molar-refractivity contribution in [2.45, 2.75) is 33.6 Å². The first-order valence-corrected chi connectivity index (χ1v) is 7.88. The Bertz CT molecular complexity index is 793. The number of amides is 1. The minimum absolute atomic E-state index is 0.0440. The van der Waals surface area contributed by atoms with E-state index in [2.05, 4.69) is 5.32 Å². The second-order valence-electron chi connectivity index (χ2n) is 5.87. The van der Waals surface area contributed by atoms with Gasteiger partial charge >= 0.3 is 0 Å². The van der Waals surface area contributed by atoms with Crippen LogP contribution in [0.25, 0.3) is 0 Å². The fourth-order valence-corrected chi connectivity index (χ4v) is 2.44. The Morgan fingerprint density at radius 2 is 1.62 bits per heavy atom.